The number of hydrogen-bond acceptors (Lipinski definition) is 6. The zero-order valence-electron chi connectivity index (χ0n) is 21.9. The number of hydrogen-bond donors (Lipinski definition) is 2. The topological polar surface area (TPSA) is 109 Å². The average molecular weight is 547 g/mol. The van der Waals surface area contributed by atoms with Crippen molar-refractivity contribution in [3.05, 3.63) is 82.3 Å². The molecule has 9 nitrogen and oxygen atoms in total. The number of para-hydroxylation sites is 1. The van der Waals surface area contributed by atoms with Gasteiger partial charge in [0.1, 0.15) is 17.0 Å². The molecule has 1 aliphatic heterocycles. The molecule has 1 fully saturated rings. The van der Waals surface area contributed by atoms with Gasteiger partial charge in [0, 0.05) is 37.5 Å². The fourth-order valence-corrected chi connectivity index (χ4v) is 5.12. The summed E-state index contributed by atoms with van der Waals surface area (Å²) in [5.41, 5.74) is 8.08. The molecule has 1 unspecified atom stereocenters. The van der Waals surface area contributed by atoms with E-state index >= 15 is 0 Å². The quantitative estimate of drug-likeness (QED) is 0.325. The number of benzene rings is 2. The van der Waals surface area contributed by atoms with Crippen LogP contribution in [0, 0.1) is 0 Å². The van der Waals surface area contributed by atoms with Crippen molar-refractivity contribution >= 4 is 34.2 Å². The van der Waals surface area contributed by atoms with Crippen molar-refractivity contribution < 1.29 is 9.53 Å². The first-order valence-electron chi connectivity index (χ1n) is 12.8. The van der Waals surface area contributed by atoms with Crippen molar-refractivity contribution in [2.24, 2.45) is 0 Å². The number of rotatable bonds is 7. The molecule has 202 valence electrons. The third-order valence-corrected chi connectivity index (χ3v) is 7.16. The van der Waals surface area contributed by atoms with Gasteiger partial charge in [0.05, 0.1) is 16.5 Å². The van der Waals surface area contributed by atoms with E-state index in [1.165, 1.54) is 0 Å². The molecule has 1 saturated heterocycles. The van der Waals surface area contributed by atoms with E-state index in [2.05, 4.69) is 10.2 Å². The molecule has 4 aromatic rings. The van der Waals surface area contributed by atoms with E-state index in [-0.39, 0.29) is 23.3 Å². The fourth-order valence-electron chi connectivity index (χ4n) is 4.95. The van der Waals surface area contributed by atoms with Crippen LogP contribution >= 0.6 is 11.6 Å². The van der Waals surface area contributed by atoms with Crippen LogP contribution in [0.2, 0.25) is 5.02 Å². The van der Waals surface area contributed by atoms with Gasteiger partial charge >= 0.3 is 0 Å². The number of anilines is 1. The lowest BCUT2D eigenvalue weighted by Gasteiger charge is -2.33. The molecule has 10 heteroatoms. The van der Waals surface area contributed by atoms with Gasteiger partial charge in [-0.25, -0.2) is 5.10 Å². The first kappa shape index (κ1) is 26.5. The van der Waals surface area contributed by atoms with E-state index in [0.29, 0.717) is 47.1 Å². The SMILES string of the molecule is CN(C)C/C=C/C(=O)N1CCCC(n2cc(-c3ccc(Oc4ccccc4Cl)cc3)c3c(N)n[nH]c(=O)c32)C1. The third-order valence-electron chi connectivity index (χ3n) is 6.84. The van der Waals surface area contributed by atoms with Crippen molar-refractivity contribution in [2.45, 2.75) is 18.9 Å². The van der Waals surface area contributed by atoms with Crippen LogP contribution in [-0.2, 0) is 4.79 Å². The molecule has 0 radical (unpaired) electrons. The summed E-state index contributed by atoms with van der Waals surface area (Å²) >= 11 is 6.23. The first-order chi connectivity index (χ1) is 18.8. The Morgan fingerprint density at radius 3 is 2.74 bits per heavy atom. The molecule has 5 rings (SSSR count). The number of amides is 1. The van der Waals surface area contributed by atoms with Crippen LogP contribution in [0.4, 0.5) is 5.82 Å². The number of nitrogens with one attached hydrogen (secondary N) is 1. The maximum absolute atomic E-state index is 13.0. The standard InChI is InChI=1S/C29H31ClN6O3/c1-34(2)15-6-10-25(37)35-16-5-7-20(17-35)36-18-22(26-27(36)29(38)33-32-28(26)31)19-11-13-21(14-12-19)39-24-9-4-3-8-23(24)30/h3-4,6,8-14,18,20H,5,7,15-17H2,1-2H3,(H2,31,32)(H,33,38)/b10-6+. The molecule has 2 aromatic carbocycles. The van der Waals surface area contributed by atoms with Gasteiger partial charge in [-0.2, -0.15) is 5.10 Å². The molecular weight excluding hydrogens is 516 g/mol. The molecular formula is C29H31ClN6O3. The molecule has 3 heterocycles. The monoisotopic (exact) mass is 546 g/mol. The summed E-state index contributed by atoms with van der Waals surface area (Å²) in [4.78, 5) is 29.7. The molecule has 1 aliphatic rings. The average Bonchev–Trinajstić information content (AvgIpc) is 3.34. The van der Waals surface area contributed by atoms with Crippen LogP contribution in [0.25, 0.3) is 22.0 Å². The minimum Gasteiger partial charge on any atom is -0.456 e. The number of nitrogen functional groups attached to an aromatic ring is 1. The number of ether oxygens (including phenoxy) is 1. The number of aromatic nitrogens is 3. The number of piperidine rings is 1. The molecule has 1 atom stereocenters. The van der Waals surface area contributed by atoms with Crippen molar-refractivity contribution in [3.8, 4) is 22.6 Å². The summed E-state index contributed by atoms with van der Waals surface area (Å²) in [6, 6.07) is 14.7. The van der Waals surface area contributed by atoms with E-state index in [0.717, 1.165) is 24.0 Å². The van der Waals surface area contributed by atoms with Crippen LogP contribution < -0.4 is 16.0 Å². The van der Waals surface area contributed by atoms with Crippen molar-refractivity contribution in [1.82, 2.24) is 24.6 Å². The molecule has 0 spiro atoms. The molecule has 0 aliphatic carbocycles. The first-order valence-corrected chi connectivity index (χ1v) is 13.2. The van der Waals surface area contributed by atoms with Crippen LogP contribution in [0.1, 0.15) is 18.9 Å². The Balaban J connectivity index is 1.46. The van der Waals surface area contributed by atoms with Crippen LogP contribution in [-0.4, -0.2) is 64.2 Å². The van der Waals surface area contributed by atoms with Gasteiger partial charge < -0.3 is 24.8 Å². The highest BCUT2D eigenvalue weighted by molar-refractivity contribution is 6.32. The van der Waals surface area contributed by atoms with E-state index in [1.54, 1.807) is 18.2 Å². The molecule has 1 amide bonds. The highest BCUT2D eigenvalue weighted by Crippen LogP contribution is 2.37. The number of H-pyrrole nitrogens is 1. The number of nitrogens with two attached hydrogens (primary N) is 1. The minimum absolute atomic E-state index is 0.0255. The fraction of sp³-hybridized carbons (Fsp3) is 0.276. The van der Waals surface area contributed by atoms with Gasteiger partial charge in [-0.15, -0.1) is 0 Å². The number of likely N-dealkylation sites (tertiary alicyclic amines) is 1. The van der Waals surface area contributed by atoms with Gasteiger partial charge in [0.25, 0.3) is 5.56 Å². The van der Waals surface area contributed by atoms with E-state index in [9.17, 15) is 9.59 Å². The Labute approximate surface area is 231 Å². The Hall–Kier alpha value is -4.08. The number of carbonyl (C=O) groups is 1. The third kappa shape index (κ3) is 5.69. The second-order valence-electron chi connectivity index (χ2n) is 9.91. The smallest absolute Gasteiger partial charge is 0.288 e. The summed E-state index contributed by atoms with van der Waals surface area (Å²) in [5.74, 6) is 1.41. The van der Waals surface area contributed by atoms with Gasteiger partial charge in [0.15, 0.2) is 5.82 Å². The Kier molecular flexibility index (Phi) is 7.72. The second-order valence-corrected chi connectivity index (χ2v) is 10.3. The van der Waals surface area contributed by atoms with Gasteiger partial charge in [0.2, 0.25) is 5.91 Å². The van der Waals surface area contributed by atoms with E-state index in [4.69, 9.17) is 22.1 Å². The maximum Gasteiger partial charge on any atom is 0.288 e. The predicted molar refractivity (Wildman–Crippen MR) is 154 cm³/mol. The summed E-state index contributed by atoms with van der Waals surface area (Å²) in [6.45, 7) is 1.87. The normalized spacial score (nSPS) is 15.9. The molecule has 39 heavy (non-hydrogen) atoms. The van der Waals surface area contributed by atoms with Gasteiger partial charge in [-0.05, 0) is 56.8 Å². The van der Waals surface area contributed by atoms with Crippen LogP contribution in [0.3, 0.4) is 0 Å². The molecule has 3 N–H and O–H groups in total. The predicted octanol–water partition coefficient (Wildman–Crippen LogP) is 4.70. The Bertz CT molecular complexity index is 1570. The zero-order valence-corrected chi connectivity index (χ0v) is 22.7. The molecule has 0 bridgehead atoms. The van der Waals surface area contributed by atoms with Crippen molar-refractivity contribution in [3.63, 3.8) is 0 Å². The highest BCUT2D eigenvalue weighted by Gasteiger charge is 2.27. The van der Waals surface area contributed by atoms with E-state index < -0.39 is 0 Å². The zero-order chi connectivity index (χ0) is 27.5. The van der Waals surface area contributed by atoms with Crippen molar-refractivity contribution in [1.29, 1.82) is 0 Å². The summed E-state index contributed by atoms with van der Waals surface area (Å²) in [6.07, 6.45) is 7.11. The number of likely N-dealkylation sites (N-methyl/N-ethyl adjacent to an activating group) is 1. The lowest BCUT2D eigenvalue weighted by Crippen LogP contribution is -2.40. The highest BCUT2D eigenvalue weighted by atomic mass is 35.5. The van der Waals surface area contributed by atoms with Crippen LogP contribution in [0.15, 0.2) is 71.7 Å². The molecule has 2 aromatic heterocycles. The Morgan fingerprint density at radius 1 is 1.23 bits per heavy atom. The second kappa shape index (κ2) is 11.3. The summed E-state index contributed by atoms with van der Waals surface area (Å²) in [5, 5.41) is 7.67. The Morgan fingerprint density at radius 2 is 2.00 bits per heavy atom. The lowest BCUT2D eigenvalue weighted by atomic mass is 10.1. The van der Waals surface area contributed by atoms with Crippen molar-refractivity contribution in [2.75, 3.05) is 39.5 Å². The number of carbonyl (C=O) groups excluding carboxylic acids is 1. The number of nitrogens with zero attached hydrogens (tertiary/aromatic N) is 4. The largest absolute Gasteiger partial charge is 0.456 e. The summed E-state index contributed by atoms with van der Waals surface area (Å²) < 4.78 is 7.89. The van der Waals surface area contributed by atoms with Gasteiger partial charge in [-0.1, -0.05) is 41.9 Å². The van der Waals surface area contributed by atoms with E-state index in [1.807, 2.05) is 77.1 Å². The number of aromatic amines is 1. The summed E-state index contributed by atoms with van der Waals surface area (Å²) in [7, 11) is 3.91. The lowest BCUT2D eigenvalue weighted by molar-refractivity contribution is -0.127. The van der Waals surface area contributed by atoms with Crippen LogP contribution in [0.5, 0.6) is 11.5 Å². The molecule has 0 saturated carbocycles. The maximum atomic E-state index is 13.0. The number of fused-ring (bicyclic) bond motifs is 1. The van der Waals surface area contributed by atoms with Gasteiger partial charge in [-0.3, -0.25) is 9.59 Å². The minimum atomic E-state index is -0.321. The number of halogens is 1.